The average Bonchev–Trinajstić information content (AvgIpc) is 3.94. The van der Waals surface area contributed by atoms with Crippen molar-refractivity contribution in [2.45, 2.75) is 49.1 Å². The van der Waals surface area contributed by atoms with Gasteiger partial charge in [-0.1, -0.05) is 18.2 Å². The van der Waals surface area contributed by atoms with Crippen LogP contribution in [-0.4, -0.2) is 130 Å². The topological polar surface area (TPSA) is 440 Å². The van der Waals surface area contributed by atoms with E-state index in [4.69, 9.17) is 25.7 Å². The summed E-state index contributed by atoms with van der Waals surface area (Å²) in [5, 5.41) is 32.2. The normalized spacial score (nSPS) is 28.2. The van der Waals surface area contributed by atoms with E-state index in [-0.39, 0.29) is 39.5 Å². The second-order valence-corrected chi connectivity index (χ2v) is 18.9. The Kier molecular flexibility index (Phi) is 12.6. The first-order valence-electron chi connectivity index (χ1n) is 16.9. The van der Waals surface area contributed by atoms with E-state index in [1.807, 2.05) is 0 Å². The Hall–Kier alpha value is -4.25. The maximum absolute atomic E-state index is 13.0. The number of ether oxygens (including phenoxy) is 3. The van der Waals surface area contributed by atoms with E-state index in [0.29, 0.717) is 0 Å². The predicted octanol–water partition coefficient (Wildman–Crippen LogP) is -0.582. The van der Waals surface area contributed by atoms with Gasteiger partial charge < -0.3 is 60.6 Å². The van der Waals surface area contributed by atoms with Crippen LogP contribution in [0.2, 0.25) is 0 Å². The molecule has 330 valence electrons. The largest absolute Gasteiger partial charge is 0.490 e. The molecule has 4 aromatic heterocycles. The van der Waals surface area contributed by atoms with Crippen LogP contribution in [0, 0.1) is 0 Å². The van der Waals surface area contributed by atoms with E-state index in [2.05, 4.69) is 51.9 Å². The minimum atomic E-state index is -6.27. The van der Waals surface area contributed by atoms with Crippen LogP contribution in [-0.2, 0) is 54.5 Å². The van der Waals surface area contributed by atoms with Crippen molar-refractivity contribution in [3.05, 3.63) is 61.2 Å². The zero-order chi connectivity index (χ0) is 44.1. The van der Waals surface area contributed by atoms with Gasteiger partial charge in [-0.25, -0.2) is 53.0 Å². The summed E-state index contributed by atoms with van der Waals surface area (Å²) in [5.74, 6) is -0.995. The molecule has 61 heavy (non-hydrogen) atoms. The summed E-state index contributed by atoms with van der Waals surface area (Å²) < 4.78 is 90.7. The second kappa shape index (κ2) is 17.1. The maximum atomic E-state index is 13.0. The summed E-state index contributed by atoms with van der Waals surface area (Å²) in [5.41, 5.74) is 12.0. The van der Waals surface area contributed by atoms with Crippen LogP contribution >= 0.6 is 31.3 Å². The van der Waals surface area contributed by atoms with E-state index >= 15 is 0 Å². The molecule has 2 aliphatic rings. The molecular formula is C27H32N10O20P4. The SMILES string of the molecule is Nc1ncnc2c1ncn2[C@@H]1O[C@H](COP(=O)(O)OP(=O)(O)OP(=O)(O)OP(=O)(O)OC[C@H]2O[C@H](n3cnc4c(N)ncnc43)[C@@H](O)[C@H]2O)[C@@H](O)[C@H]1OC(=O)c1ccccc1. The maximum Gasteiger partial charge on any atom is 0.490 e. The number of aliphatic hydroxyl groups excluding tert-OH is 3. The number of hydrogen-bond acceptors (Lipinski definition) is 24. The van der Waals surface area contributed by atoms with Gasteiger partial charge in [0.2, 0.25) is 0 Å². The fourth-order valence-corrected chi connectivity index (χ4v) is 10.9. The molecule has 0 saturated carbocycles. The number of nitrogens with zero attached hydrogens (tertiary/aromatic N) is 8. The number of anilines is 2. The summed E-state index contributed by atoms with van der Waals surface area (Å²) in [6, 6.07) is 7.53. The van der Waals surface area contributed by atoms with E-state index in [1.165, 1.54) is 28.8 Å². The number of nitrogens with two attached hydrogens (primary N) is 2. The van der Waals surface area contributed by atoms with Gasteiger partial charge in [0, 0.05) is 0 Å². The highest BCUT2D eigenvalue weighted by atomic mass is 31.3. The molecule has 2 aliphatic heterocycles. The molecular weight excluding hydrogens is 908 g/mol. The number of aliphatic hydroxyl groups is 3. The molecule has 0 spiro atoms. The fraction of sp³-hybridized carbons (Fsp3) is 0.370. The fourth-order valence-electron chi connectivity index (χ4n) is 5.99. The first-order chi connectivity index (χ1) is 28.6. The van der Waals surface area contributed by atoms with Gasteiger partial charge in [0.05, 0.1) is 31.4 Å². The summed E-state index contributed by atoms with van der Waals surface area (Å²) in [4.78, 5) is 77.0. The number of fused-ring (bicyclic) bond motifs is 2. The van der Waals surface area contributed by atoms with Gasteiger partial charge in [0.25, 0.3) is 0 Å². The quantitative estimate of drug-likeness (QED) is 0.0441. The van der Waals surface area contributed by atoms with Crippen LogP contribution in [0.5, 0.6) is 0 Å². The number of imidazole rings is 2. The Balaban J connectivity index is 0.958. The molecule has 0 radical (unpaired) electrons. The van der Waals surface area contributed by atoms with Crippen molar-refractivity contribution in [2.24, 2.45) is 0 Å². The standard InChI is InChI=1S/C27H32N10O20P4/c28-21-15-23(32-8-30-21)36(10-34-15)25-19(40)17(38)13(52-25)6-50-58(42,43)55-60(46,47)57-61(48,49)56-59(44,45)51-7-14-18(39)20(54-27(41)12-4-2-1-3-5-12)26(53-14)37-11-35-16-22(29)31-9-33-24(16)37/h1-5,8-11,13-14,17-20,25-26,38-40H,6-7H2,(H,42,43)(H,44,45)(H,46,47)(H,48,49)(H2,28,30,32)(H2,29,31,33)/t13-,14-,17+,18-,19+,20-,25+,26-/m1/s1. The highest BCUT2D eigenvalue weighted by Crippen LogP contribution is 2.71. The van der Waals surface area contributed by atoms with Crippen molar-refractivity contribution >= 4 is 71.2 Å². The molecule has 5 aromatic rings. The molecule has 30 nitrogen and oxygen atoms in total. The first-order valence-corrected chi connectivity index (χ1v) is 22.8. The van der Waals surface area contributed by atoms with Crippen molar-refractivity contribution in [2.75, 3.05) is 24.7 Å². The molecule has 6 heterocycles. The van der Waals surface area contributed by atoms with Crippen LogP contribution < -0.4 is 11.5 Å². The summed E-state index contributed by atoms with van der Waals surface area (Å²) in [7, 11) is -24.2. The number of nitrogen functional groups attached to an aromatic ring is 2. The van der Waals surface area contributed by atoms with Crippen LogP contribution in [0.4, 0.5) is 11.6 Å². The molecule has 0 bridgehead atoms. The molecule has 2 fully saturated rings. The van der Waals surface area contributed by atoms with Crippen LogP contribution in [0.15, 0.2) is 55.6 Å². The Morgan fingerprint density at radius 2 is 1.10 bits per heavy atom. The molecule has 11 N–H and O–H groups in total. The molecule has 4 unspecified atom stereocenters. The van der Waals surface area contributed by atoms with Gasteiger partial charge in [-0.05, 0) is 12.1 Å². The minimum absolute atomic E-state index is 0.0208. The summed E-state index contributed by atoms with van der Waals surface area (Å²) >= 11 is 0. The first kappa shape index (κ1) is 44.8. The van der Waals surface area contributed by atoms with Gasteiger partial charge in [0.15, 0.2) is 41.5 Å². The number of aromatic nitrogens is 8. The number of carbonyl (C=O) groups is 1. The lowest BCUT2D eigenvalue weighted by atomic mass is 10.1. The lowest BCUT2D eigenvalue weighted by molar-refractivity contribution is -0.0558. The van der Waals surface area contributed by atoms with Gasteiger partial charge in [-0.3, -0.25) is 18.2 Å². The highest BCUT2D eigenvalue weighted by Gasteiger charge is 2.51. The number of hydrogen-bond donors (Lipinski definition) is 9. The number of esters is 1. The number of benzene rings is 1. The van der Waals surface area contributed by atoms with Crippen molar-refractivity contribution in [1.29, 1.82) is 0 Å². The van der Waals surface area contributed by atoms with Crippen molar-refractivity contribution < 1.29 is 94.1 Å². The van der Waals surface area contributed by atoms with Crippen molar-refractivity contribution in [1.82, 2.24) is 39.0 Å². The smallest absolute Gasteiger partial charge is 0.451 e. The lowest BCUT2D eigenvalue weighted by Crippen LogP contribution is -2.37. The molecule has 0 amide bonds. The minimum Gasteiger partial charge on any atom is -0.451 e. The van der Waals surface area contributed by atoms with Gasteiger partial charge in [0.1, 0.15) is 54.2 Å². The zero-order valence-electron chi connectivity index (χ0n) is 30.2. The van der Waals surface area contributed by atoms with Gasteiger partial charge in [-0.15, -0.1) is 0 Å². The molecule has 0 aliphatic carbocycles. The highest BCUT2D eigenvalue weighted by molar-refractivity contribution is 7.69. The Bertz CT molecular complexity index is 2620. The third-order valence-corrected chi connectivity index (χ3v) is 14.6. The number of carbonyl (C=O) groups excluding carboxylic acids is 1. The van der Waals surface area contributed by atoms with E-state index in [9.17, 15) is 57.9 Å². The molecule has 1 aromatic carbocycles. The van der Waals surface area contributed by atoms with Gasteiger partial charge >= 0.3 is 37.3 Å². The Labute approximate surface area is 339 Å². The van der Waals surface area contributed by atoms with Crippen LogP contribution in [0.25, 0.3) is 22.3 Å². The van der Waals surface area contributed by atoms with Gasteiger partial charge in [-0.2, -0.15) is 12.9 Å². The number of rotatable bonds is 16. The molecule has 7 rings (SSSR count). The molecule has 2 saturated heterocycles. The van der Waals surface area contributed by atoms with Crippen LogP contribution in [0.3, 0.4) is 0 Å². The Morgan fingerprint density at radius 1 is 0.639 bits per heavy atom. The monoisotopic (exact) mass is 940 g/mol. The third kappa shape index (κ3) is 9.87. The molecule has 34 heteroatoms. The number of phosphoric ester groups is 2. The predicted molar refractivity (Wildman–Crippen MR) is 195 cm³/mol. The molecule has 12 atom stereocenters. The average molecular weight is 940 g/mol. The number of phosphoric acid groups is 4. The summed E-state index contributed by atoms with van der Waals surface area (Å²) in [6.07, 6.45) is -8.72. The third-order valence-electron chi connectivity index (χ3n) is 8.65. The zero-order valence-corrected chi connectivity index (χ0v) is 33.8. The second-order valence-electron chi connectivity index (χ2n) is 12.7. The van der Waals surface area contributed by atoms with Crippen LogP contribution in [0.1, 0.15) is 22.8 Å². The lowest BCUT2D eigenvalue weighted by Gasteiger charge is -2.22. The van der Waals surface area contributed by atoms with E-state index < -0.39 is 99.6 Å². The van der Waals surface area contributed by atoms with E-state index in [1.54, 1.807) is 6.07 Å². The summed E-state index contributed by atoms with van der Waals surface area (Å²) in [6.45, 7) is -2.29. The Morgan fingerprint density at radius 3 is 1.62 bits per heavy atom. The van der Waals surface area contributed by atoms with E-state index in [0.717, 1.165) is 29.9 Å². The van der Waals surface area contributed by atoms with Crippen molar-refractivity contribution in [3.63, 3.8) is 0 Å². The van der Waals surface area contributed by atoms with Crippen molar-refractivity contribution in [3.8, 4) is 0 Å².